The molecule has 6 nitrogen and oxygen atoms in total. The number of nitrogens with one attached hydrogen (secondary N) is 2. The second-order valence-electron chi connectivity index (χ2n) is 6.57. The molecule has 3 rings (SSSR count). The minimum Gasteiger partial charge on any atom is -0.496 e. The van der Waals surface area contributed by atoms with Crippen LogP contribution >= 0.6 is 0 Å². The van der Waals surface area contributed by atoms with Crippen LogP contribution in [0.1, 0.15) is 18.1 Å². The molecule has 0 unspecified atom stereocenters. The van der Waals surface area contributed by atoms with E-state index in [2.05, 4.69) is 15.5 Å². The Morgan fingerprint density at radius 3 is 2.45 bits per heavy atom. The van der Waals surface area contributed by atoms with Crippen LogP contribution in [0.15, 0.2) is 23.3 Å². The van der Waals surface area contributed by atoms with Gasteiger partial charge in [0, 0.05) is 5.56 Å². The van der Waals surface area contributed by atoms with Crippen molar-refractivity contribution in [2.24, 2.45) is 5.10 Å². The lowest BCUT2D eigenvalue weighted by molar-refractivity contribution is -0.921. The highest BCUT2D eigenvalue weighted by atomic mass is 19.2. The summed E-state index contributed by atoms with van der Waals surface area (Å²) >= 11 is 0. The standard InChI is InChI=1S/C19H20F4N4O2/c1-11(25-26-17-15(20)18(22)24-19(23)16(17)21)12-3-4-14(28-2)13(9-12)10-27-5-7-29-8-6-27/h3-4,9H,5-8,10H2,1-2H3,(H,24,26)/p+1/b25-11-. The summed E-state index contributed by atoms with van der Waals surface area (Å²) in [5, 5.41) is 3.87. The third kappa shape index (κ3) is 4.83. The molecular weight excluding hydrogens is 392 g/mol. The van der Waals surface area contributed by atoms with Crippen molar-refractivity contribution in [2.75, 3.05) is 38.8 Å². The van der Waals surface area contributed by atoms with Gasteiger partial charge in [0.2, 0.25) is 11.6 Å². The van der Waals surface area contributed by atoms with Crippen LogP contribution in [-0.4, -0.2) is 44.1 Å². The fourth-order valence-corrected chi connectivity index (χ4v) is 3.04. The molecule has 2 aromatic rings. The van der Waals surface area contributed by atoms with E-state index in [0.717, 1.165) is 18.7 Å². The lowest BCUT2D eigenvalue weighted by Gasteiger charge is -2.24. The zero-order chi connectivity index (χ0) is 21.0. The van der Waals surface area contributed by atoms with Gasteiger partial charge in [-0.2, -0.15) is 27.6 Å². The van der Waals surface area contributed by atoms with Crippen molar-refractivity contribution >= 4 is 11.4 Å². The summed E-state index contributed by atoms with van der Waals surface area (Å²) < 4.78 is 64.7. The van der Waals surface area contributed by atoms with Crippen LogP contribution in [0.4, 0.5) is 23.2 Å². The summed E-state index contributed by atoms with van der Waals surface area (Å²) in [5.41, 5.74) is 2.98. The van der Waals surface area contributed by atoms with Gasteiger partial charge in [-0.25, -0.2) is 0 Å². The normalized spacial score (nSPS) is 15.4. The van der Waals surface area contributed by atoms with Crippen molar-refractivity contribution in [2.45, 2.75) is 13.5 Å². The maximum atomic E-state index is 13.7. The van der Waals surface area contributed by atoms with Gasteiger partial charge in [-0.3, -0.25) is 5.43 Å². The first-order valence-electron chi connectivity index (χ1n) is 8.99. The minimum atomic E-state index is -1.75. The van der Waals surface area contributed by atoms with E-state index in [9.17, 15) is 17.6 Å². The summed E-state index contributed by atoms with van der Waals surface area (Å²) in [6.07, 6.45) is 0. The number of benzene rings is 1. The van der Waals surface area contributed by atoms with Gasteiger partial charge in [0.05, 0.1) is 26.0 Å². The number of quaternary nitrogens is 1. The lowest BCUT2D eigenvalue weighted by atomic mass is 10.1. The molecule has 0 atom stereocenters. The highest BCUT2D eigenvalue weighted by molar-refractivity contribution is 5.99. The van der Waals surface area contributed by atoms with Crippen molar-refractivity contribution in [3.05, 3.63) is 52.9 Å². The minimum absolute atomic E-state index is 0.363. The highest BCUT2D eigenvalue weighted by Crippen LogP contribution is 2.23. The Balaban J connectivity index is 1.83. The van der Waals surface area contributed by atoms with Crippen molar-refractivity contribution in [1.82, 2.24) is 4.98 Å². The van der Waals surface area contributed by atoms with Crippen LogP contribution in [-0.2, 0) is 11.3 Å². The number of hydrogen-bond donors (Lipinski definition) is 2. The lowest BCUT2D eigenvalue weighted by Crippen LogP contribution is -3.12. The van der Waals surface area contributed by atoms with Crippen LogP contribution in [0.5, 0.6) is 5.75 Å². The smallest absolute Gasteiger partial charge is 0.254 e. The summed E-state index contributed by atoms with van der Waals surface area (Å²) in [4.78, 5) is 3.85. The van der Waals surface area contributed by atoms with E-state index in [4.69, 9.17) is 9.47 Å². The number of methoxy groups -OCH3 is 1. The molecule has 0 amide bonds. The van der Waals surface area contributed by atoms with Gasteiger partial charge in [-0.1, -0.05) is 0 Å². The number of morpholine rings is 1. The number of aromatic nitrogens is 1. The van der Waals surface area contributed by atoms with Gasteiger partial charge in [-0.15, -0.1) is 0 Å². The summed E-state index contributed by atoms with van der Waals surface area (Å²) in [6, 6.07) is 5.37. The third-order valence-corrected chi connectivity index (χ3v) is 4.67. The number of anilines is 1. The van der Waals surface area contributed by atoms with E-state index in [1.807, 2.05) is 6.07 Å². The van der Waals surface area contributed by atoms with Crippen LogP contribution in [0.25, 0.3) is 0 Å². The van der Waals surface area contributed by atoms with Crippen LogP contribution in [0, 0.1) is 23.5 Å². The predicted octanol–water partition coefficient (Wildman–Crippen LogP) is 1.90. The third-order valence-electron chi connectivity index (χ3n) is 4.67. The van der Waals surface area contributed by atoms with Gasteiger partial charge >= 0.3 is 0 Å². The molecular formula is C19H21F4N4O2+. The summed E-state index contributed by atoms with van der Waals surface area (Å²) in [5.74, 6) is -6.08. The first-order chi connectivity index (χ1) is 13.9. The molecule has 1 aliphatic rings. The van der Waals surface area contributed by atoms with Crippen LogP contribution < -0.4 is 15.1 Å². The molecule has 1 fully saturated rings. The Labute approximate surface area is 165 Å². The van der Waals surface area contributed by atoms with Crippen molar-refractivity contribution < 1.29 is 31.9 Å². The molecule has 0 bridgehead atoms. The first-order valence-corrected chi connectivity index (χ1v) is 8.99. The topological polar surface area (TPSA) is 60.2 Å². The molecule has 1 aromatic heterocycles. The fourth-order valence-electron chi connectivity index (χ4n) is 3.04. The first kappa shape index (κ1) is 21.0. The molecule has 10 heteroatoms. The molecule has 0 saturated carbocycles. The number of hydrogen-bond acceptors (Lipinski definition) is 5. The van der Waals surface area contributed by atoms with E-state index in [0.29, 0.717) is 36.8 Å². The molecule has 1 aliphatic heterocycles. The monoisotopic (exact) mass is 413 g/mol. The zero-order valence-corrected chi connectivity index (χ0v) is 16.0. The van der Waals surface area contributed by atoms with E-state index < -0.39 is 29.2 Å². The average Bonchev–Trinajstić information content (AvgIpc) is 2.73. The zero-order valence-electron chi connectivity index (χ0n) is 16.0. The number of hydrazone groups is 1. The highest BCUT2D eigenvalue weighted by Gasteiger charge is 2.21. The van der Waals surface area contributed by atoms with E-state index in [1.165, 1.54) is 4.90 Å². The molecule has 2 N–H and O–H groups in total. The predicted molar refractivity (Wildman–Crippen MR) is 98.1 cm³/mol. The molecule has 0 radical (unpaired) electrons. The number of rotatable bonds is 6. The Hall–Kier alpha value is -2.72. The average molecular weight is 413 g/mol. The number of nitrogens with zero attached hydrogens (tertiary/aromatic N) is 2. The maximum absolute atomic E-state index is 13.7. The van der Waals surface area contributed by atoms with Gasteiger partial charge in [0.1, 0.15) is 31.1 Å². The van der Waals surface area contributed by atoms with Gasteiger partial charge in [-0.05, 0) is 30.7 Å². The van der Waals surface area contributed by atoms with Gasteiger partial charge in [0.15, 0.2) is 0 Å². The summed E-state index contributed by atoms with van der Waals surface area (Å²) in [7, 11) is 1.58. The van der Waals surface area contributed by atoms with Gasteiger partial charge in [0.25, 0.3) is 11.9 Å². The van der Waals surface area contributed by atoms with Gasteiger partial charge < -0.3 is 14.4 Å². The van der Waals surface area contributed by atoms with Crippen LogP contribution in [0.3, 0.4) is 0 Å². The molecule has 156 valence electrons. The summed E-state index contributed by atoms with van der Waals surface area (Å²) in [6.45, 7) is 5.45. The largest absolute Gasteiger partial charge is 0.496 e. The van der Waals surface area contributed by atoms with E-state index in [1.54, 1.807) is 26.2 Å². The molecule has 1 aromatic carbocycles. The number of ether oxygens (including phenoxy) is 2. The molecule has 0 spiro atoms. The van der Waals surface area contributed by atoms with Crippen molar-refractivity contribution in [3.8, 4) is 5.75 Å². The van der Waals surface area contributed by atoms with Crippen molar-refractivity contribution in [3.63, 3.8) is 0 Å². The molecule has 1 saturated heterocycles. The molecule has 2 heterocycles. The molecule has 29 heavy (non-hydrogen) atoms. The SMILES string of the molecule is COc1ccc(/C(C)=N\Nc2c(F)c(F)nc(F)c2F)cc1C[NH+]1CCOCC1. The Bertz CT molecular complexity index is 891. The molecule has 0 aliphatic carbocycles. The number of halogens is 4. The van der Waals surface area contributed by atoms with Crippen LogP contribution in [0.2, 0.25) is 0 Å². The Morgan fingerprint density at radius 1 is 1.17 bits per heavy atom. The quantitative estimate of drug-likeness (QED) is 0.329. The second kappa shape index (κ2) is 9.19. The van der Waals surface area contributed by atoms with E-state index >= 15 is 0 Å². The Kier molecular flexibility index (Phi) is 6.65. The Morgan fingerprint density at radius 2 is 1.83 bits per heavy atom. The fraction of sp³-hybridized carbons (Fsp3) is 0.368. The van der Waals surface area contributed by atoms with E-state index in [-0.39, 0.29) is 0 Å². The second-order valence-corrected chi connectivity index (χ2v) is 6.57. The number of pyridine rings is 1. The van der Waals surface area contributed by atoms with Crippen molar-refractivity contribution in [1.29, 1.82) is 0 Å². The maximum Gasteiger partial charge on any atom is 0.254 e.